The predicted molar refractivity (Wildman–Crippen MR) is 165 cm³/mol. The Morgan fingerprint density at radius 2 is 1.45 bits per heavy atom. The van der Waals surface area contributed by atoms with E-state index in [1.54, 1.807) is 60.7 Å². The number of carbonyl (C=O) groups is 3. The molecule has 6 heteroatoms. The van der Waals surface area contributed by atoms with Gasteiger partial charge in [0.1, 0.15) is 5.70 Å². The summed E-state index contributed by atoms with van der Waals surface area (Å²) >= 11 is 3.43. The number of carbonyl (C=O) groups excluding carboxylic acids is 3. The van der Waals surface area contributed by atoms with Gasteiger partial charge in [0.05, 0.1) is 0 Å². The lowest BCUT2D eigenvalue weighted by atomic mass is 10.0. The van der Waals surface area contributed by atoms with Crippen molar-refractivity contribution in [2.75, 3.05) is 5.32 Å². The first-order valence-corrected chi connectivity index (χ1v) is 13.7. The van der Waals surface area contributed by atoms with Gasteiger partial charge in [0.15, 0.2) is 5.78 Å². The van der Waals surface area contributed by atoms with Gasteiger partial charge in [-0.3, -0.25) is 14.4 Å². The van der Waals surface area contributed by atoms with Crippen molar-refractivity contribution in [3.05, 3.63) is 147 Å². The second-order valence-corrected chi connectivity index (χ2v) is 10.4. The Balaban J connectivity index is 1.47. The van der Waals surface area contributed by atoms with Gasteiger partial charge in [-0.2, -0.15) is 0 Å². The summed E-state index contributed by atoms with van der Waals surface area (Å²) in [4.78, 5) is 38.7. The fraction of sp³-hybridized carbons (Fsp3) is 0.0882. The molecule has 0 bridgehead atoms. The number of halogens is 1. The van der Waals surface area contributed by atoms with Crippen molar-refractivity contribution >= 4 is 51.4 Å². The summed E-state index contributed by atoms with van der Waals surface area (Å²) in [5.74, 6) is -0.585. The van der Waals surface area contributed by atoms with Gasteiger partial charge in [0.25, 0.3) is 11.8 Å². The van der Waals surface area contributed by atoms with E-state index in [-0.39, 0.29) is 11.5 Å². The fourth-order valence-electron chi connectivity index (χ4n) is 3.88. The van der Waals surface area contributed by atoms with Crippen LogP contribution in [-0.2, 0) is 4.79 Å². The first-order chi connectivity index (χ1) is 19.3. The van der Waals surface area contributed by atoms with E-state index in [1.165, 1.54) is 11.6 Å². The highest BCUT2D eigenvalue weighted by molar-refractivity contribution is 9.10. The zero-order chi connectivity index (χ0) is 28.5. The molecule has 0 radical (unpaired) electrons. The molecule has 0 aliphatic heterocycles. The number of amides is 2. The normalized spacial score (nSPS) is 11.4. The van der Waals surface area contributed by atoms with E-state index in [0.29, 0.717) is 22.7 Å². The van der Waals surface area contributed by atoms with E-state index in [0.717, 1.165) is 15.6 Å². The van der Waals surface area contributed by atoms with E-state index in [1.807, 2.05) is 42.5 Å². The van der Waals surface area contributed by atoms with E-state index < -0.39 is 11.8 Å². The predicted octanol–water partition coefficient (Wildman–Crippen LogP) is 7.88. The molecule has 0 saturated carbocycles. The molecule has 0 spiro atoms. The molecule has 200 valence electrons. The number of rotatable bonds is 9. The van der Waals surface area contributed by atoms with E-state index in [2.05, 4.69) is 52.5 Å². The van der Waals surface area contributed by atoms with Crippen molar-refractivity contribution in [1.82, 2.24) is 5.32 Å². The maximum Gasteiger partial charge on any atom is 0.272 e. The zero-order valence-corrected chi connectivity index (χ0v) is 23.8. The SMILES string of the molecule is CC(C)c1ccc(/C=C/C(=O)c2ccc(NC(=O)/C(=C/c3cccc(Br)c3)NC(=O)c3ccccc3)cc2)cc1. The minimum Gasteiger partial charge on any atom is -0.321 e. The summed E-state index contributed by atoms with van der Waals surface area (Å²) in [6, 6.07) is 30.8. The lowest BCUT2D eigenvalue weighted by Crippen LogP contribution is -2.30. The molecule has 40 heavy (non-hydrogen) atoms. The molecule has 2 amide bonds. The van der Waals surface area contributed by atoms with Crippen LogP contribution in [-0.4, -0.2) is 17.6 Å². The molecule has 4 aromatic rings. The van der Waals surface area contributed by atoms with Gasteiger partial charge in [-0.25, -0.2) is 0 Å². The number of anilines is 1. The van der Waals surface area contributed by atoms with Gasteiger partial charge in [-0.05, 0) is 83.3 Å². The maximum atomic E-state index is 13.2. The minimum absolute atomic E-state index is 0.0820. The highest BCUT2D eigenvalue weighted by Crippen LogP contribution is 2.18. The Kier molecular flexibility index (Phi) is 9.60. The second-order valence-electron chi connectivity index (χ2n) is 9.48. The summed E-state index contributed by atoms with van der Waals surface area (Å²) in [5, 5.41) is 5.53. The Labute approximate surface area is 242 Å². The molecule has 0 heterocycles. The van der Waals surface area contributed by atoms with Crippen molar-refractivity contribution in [1.29, 1.82) is 0 Å². The van der Waals surface area contributed by atoms with Crippen LogP contribution in [0.15, 0.2) is 119 Å². The lowest BCUT2D eigenvalue weighted by Gasteiger charge is -2.12. The minimum atomic E-state index is -0.493. The van der Waals surface area contributed by atoms with Crippen LogP contribution >= 0.6 is 15.9 Å². The molecule has 0 saturated heterocycles. The Hall–Kier alpha value is -4.55. The van der Waals surface area contributed by atoms with Crippen molar-refractivity contribution in [2.45, 2.75) is 19.8 Å². The number of hydrogen-bond donors (Lipinski definition) is 2. The standard InChI is InChI=1S/C34H29BrN2O3/c1-23(2)26-14-11-24(12-15-26)13-20-32(38)27-16-18-30(19-17-27)36-34(40)31(22-25-7-6-10-29(35)21-25)37-33(39)28-8-4-3-5-9-28/h3-23H,1-2H3,(H,36,40)(H,37,39)/b20-13+,31-22-. The Morgan fingerprint density at radius 3 is 2.10 bits per heavy atom. The van der Waals surface area contributed by atoms with E-state index in [9.17, 15) is 14.4 Å². The topological polar surface area (TPSA) is 75.3 Å². The van der Waals surface area contributed by atoms with Crippen LogP contribution in [0.4, 0.5) is 5.69 Å². The molecule has 0 aliphatic rings. The average molecular weight is 594 g/mol. The molecule has 0 aromatic heterocycles. The molecule has 0 unspecified atom stereocenters. The molecule has 0 aliphatic carbocycles. The first kappa shape index (κ1) is 28.5. The van der Waals surface area contributed by atoms with Gasteiger partial charge >= 0.3 is 0 Å². The van der Waals surface area contributed by atoms with Crippen molar-refractivity contribution in [3.8, 4) is 0 Å². The van der Waals surface area contributed by atoms with Gasteiger partial charge < -0.3 is 10.6 Å². The number of nitrogens with one attached hydrogen (secondary N) is 2. The monoisotopic (exact) mass is 592 g/mol. The number of benzene rings is 4. The third-order valence-corrected chi connectivity index (χ3v) is 6.64. The van der Waals surface area contributed by atoms with Crippen LogP contribution in [0.1, 0.15) is 57.2 Å². The van der Waals surface area contributed by atoms with Crippen molar-refractivity contribution in [2.24, 2.45) is 0 Å². The summed E-state index contributed by atoms with van der Waals surface area (Å²) in [7, 11) is 0. The zero-order valence-electron chi connectivity index (χ0n) is 22.2. The molecule has 5 nitrogen and oxygen atoms in total. The Bertz CT molecular complexity index is 1560. The van der Waals surface area contributed by atoms with Crippen LogP contribution in [0, 0.1) is 0 Å². The summed E-state index contributed by atoms with van der Waals surface area (Å²) in [6.45, 7) is 4.28. The van der Waals surface area contributed by atoms with E-state index in [4.69, 9.17) is 0 Å². The second kappa shape index (κ2) is 13.5. The fourth-order valence-corrected chi connectivity index (χ4v) is 4.30. The number of allylic oxidation sites excluding steroid dienone is 1. The van der Waals surface area contributed by atoms with Crippen molar-refractivity contribution < 1.29 is 14.4 Å². The van der Waals surface area contributed by atoms with Crippen LogP contribution in [0.5, 0.6) is 0 Å². The van der Waals surface area contributed by atoms with Gasteiger partial charge in [-0.15, -0.1) is 0 Å². The van der Waals surface area contributed by atoms with Crippen LogP contribution in [0.2, 0.25) is 0 Å². The lowest BCUT2D eigenvalue weighted by molar-refractivity contribution is -0.113. The smallest absolute Gasteiger partial charge is 0.272 e. The van der Waals surface area contributed by atoms with Crippen LogP contribution < -0.4 is 10.6 Å². The summed E-state index contributed by atoms with van der Waals surface area (Å²) in [5.41, 5.74) is 4.43. The van der Waals surface area contributed by atoms with Gasteiger partial charge in [-0.1, -0.05) is 90.5 Å². The summed E-state index contributed by atoms with van der Waals surface area (Å²) in [6.07, 6.45) is 4.93. The summed E-state index contributed by atoms with van der Waals surface area (Å²) < 4.78 is 0.845. The van der Waals surface area contributed by atoms with Crippen LogP contribution in [0.3, 0.4) is 0 Å². The molecular formula is C34H29BrN2O3. The van der Waals surface area contributed by atoms with Crippen molar-refractivity contribution in [3.63, 3.8) is 0 Å². The molecule has 4 rings (SSSR count). The quantitative estimate of drug-likeness (QED) is 0.153. The third kappa shape index (κ3) is 7.98. The van der Waals surface area contributed by atoms with Gasteiger partial charge in [0, 0.05) is 21.3 Å². The number of hydrogen-bond acceptors (Lipinski definition) is 3. The third-order valence-electron chi connectivity index (χ3n) is 6.15. The molecule has 2 N–H and O–H groups in total. The highest BCUT2D eigenvalue weighted by Gasteiger charge is 2.15. The number of ketones is 1. The maximum absolute atomic E-state index is 13.2. The molecule has 0 atom stereocenters. The Morgan fingerprint density at radius 1 is 0.750 bits per heavy atom. The molecular weight excluding hydrogens is 564 g/mol. The average Bonchev–Trinajstić information content (AvgIpc) is 2.96. The molecule has 4 aromatic carbocycles. The largest absolute Gasteiger partial charge is 0.321 e. The first-order valence-electron chi connectivity index (χ1n) is 12.9. The molecule has 0 fully saturated rings. The highest BCUT2D eigenvalue weighted by atomic mass is 79.9. The van der Waals surface area contributed by atoms with E-state index >= 15 is 0 Å². The van der Waals surface area contributed by atoms with Gasteiger partial charge in [0.2, 0.25) is 0 Å². The van der Waals surface area contributed by atoms with Crippen LogP contribution in [0.25, 0.3) is 12.2 Å².